The summed E-state index contributed by atoms with van der Waals surface area (Å²) in [5, 5.41) is 22.9. The van der Waals surface area contributed by atoms with Crippen LogP contribution in [0.3, 0.4) is 0 Å². The van der Waals surface area contributed by atoms with Crippen molar-refractivity contribution in [1.82, 2.24) is 25.1 Å². The summed E-state index contributed by atoms with van der Waals surface area (Å²) in [7, 11) is 1.60. The number of ether oxygens (including phenoxy) is 1. The predicted octanol–water partition coefficient (Wildman–Crippen LogP) is 6.16. The molecule has 0 bridgehead atoms. The highest BCUT2D eigenvalue weighted by molar-refractivity contribution is 5.64. The molecule has 0 spiro atoms. The van der Waals surface area contributed by atoms with E-state index < -0.39 is 30.1 Å². The molecule has 9 nitrogen and oxygen atoms in total. The molecule has 2 aliphatic rings. The summed E-state index contributed by atoms with van der Waals surface area (Å²) in [6, 6.07) is 6.44. The number of nitrogens with zero attached hydrogens (tertiary/aromatic N) is 7. The molecule has 1 fully saturated rings. The summed E-state index contributed by atoms with van der Waals surface area (Å²) in [4.78, 5) is 7.43. The monoisotopic (exact) mass is 651 g/mol. The number of benzene rings is 2. The molecule has 0 saturated carbocycles. The lowest BCUT2D eigenvalue weighted by Gasteiger charge is -2.38. The van der Waals surface area contributed by atoms with E-state index in [0.717, 1.165) is 80.0 Å². The van der Waals surface area contributed by atoms with Crippen molar-refractivity contribution in [3.8, 4) is 0 Å². The van der Waals surface area contributed by atoms with E-state index in [2.05, 4.69) is 39.4 Å². The van der Waals surface area contributed by atoms with Crippen LogP contribution in [0.15, 0.2) is 30.3 Å². The number of aryl methyl sites for hydroxylation is 3. The second kappa shape index (κ2) is 14.2. The second-order valence-electron chi connectivity index (χ2n) is 12.4. The average Bonchev–Trinajstić information content (AvgIpc) is 3.35. The Kier molecular flexibility index (Phi) is 10.5. The molecule has 3 heterocycles. The molecular formula is C32H42F5N7O2. The first-order chi connectivity index (χ1) is 21.8. The lowest BCUT2D eigenvalue weighted by molar-refractivity contribution is -0.196. The summed E-state index contributed by atoms with van der Waals surface area (Å²) in [6.45, 7) is 9.29. The lowest BCUT2D eigenvalue weighted by Crippen LogP contribution is -2.45. The third-order valence-electron chi connectivity index (χ3n) is 8.89. The molecule has 2 atom stereocenters. The summed E-state index contributed by atoms with van der Waals surface area (Å²) in [5.74, 6) is 0.605. The molecule has 1 N–H and O–H groups in total. The molecule has 3 aromatic rings. The molecule has 0 amide bonds. The van der Waals surface area contributed by atoms with E-state index in [1.54, 1.807) is 11.9 Å². The maximum atomic E-state index is 13.8. The number of likely N-dealkylation sites (tertiary alicyclic amines) is 1. The molecule has 2 aromatic carbocycles. The van der Waals surface area contributed by atoms with Crippen molar-refractivity contribution >= 4 is 11.6 Å². The van der Waals surface area contributed by atoms with E-state index in [4.69, 9.17) is 4.74 Å². The fourth-order valence-corrected chi connectivity index (χ4v) is 6.86. The number of hydrogen-bond donors (Lipinski definition) is 1. The largest absolute Gasteiger partial charge is 0.416 e. The van der Waals surface area contributed by atoms with Gasteiger partial charge in [-0.3, -0.25) is 4.90 Å². The first-order valence-electron chi connectivity index (χ1n) is 15.7. The van der Waals surface area contributed by atoms with E-state index in [1.807, 2.05) is 18.7 Å². The van der Waals surface area contributed by atoms with Crippen LogP contribution in [0.25, 0.3) is 0 Å². The molecule has 5 rings (SSSR count). The topological polar surface area (TPSA) is 82.8 Å². The van der Waals surface area contributed by atoms with Crippen LogP contribution in [0.4, 0.5) is 33.6 Å². The third-order valence-corrected chi connectivity index (χ3v) is 8.89. The van der Waals surface area contributed by atoms with Gasteiger partial charge in [-0.25, -0.2) is 8.78 Å². The van der Waals surface area contributed by atoms with E-state index in [1.165, 1.54) is 4.80 Å². The SMILES string of the molecule is CCOC(O)N1CCC(CN2CCCC(N(Cc3cc(C(F)F)cc(C(F)(F)F)c3)c3nnn(C)n3)c3cc(C)cc(C)c32)CC1. The Morgan fingerprint density at radius 3 is 2.41 bits per heavy atom. The van der Waals surface area contributed by atoms with Crippen LogP contribution in [-0.2, 0) is 24.5 Å². The Balaban J connectivity index is 1.49. The van der Waals surface area contributed by atoms with Crippen molar-refractivity contribution in [3.05, 3.63) is 63.7 Å². The van der Waals surface area contributed by atoms with Crippen molar-refractivity contribution in [2.45, 2.75) is 78.1 Å². The summed E-state index contributed by atoms with van der Waals surface area (Å²) >= 11 is 0. The Hall–Kier alpha value is -3.36. The number of aliphatic hydroxyl groups is 1. The quantitative estimate of drug-likeness (QED) is 0.206. The fraction of sp³-hybridized carbons (Fsp3) is 0.594. The number of rotatable bonds is 10. The number of halogens is 5. The Bertz CT molecular complexity index is 1480. The van der Waals surface area contributed by atoms with E-state index in [-0.39, 0.29) is 24.1 Å². The zero-order chi connectivity index (χ0) is 33.2. The Morgan fingerprint density at radius 2 is 1.78 bits per heavy atom. The van der Waals surface area contributed by atoms with Gasteiger partial charge in [-0.05, 0) is 92.5 Å². The van der Waals surface area contributed by atoms with Crippen molar-refractivity contribution in [1.29, 1.82) is 0 Å². The molecule has 0 aliphatic carbocycles. The first-order valence-corrected chi connectivity index (χ1v) is 15.7. The fourth-order valence-electron chi connectivity index (χ4n) is 6.86. The molecule has 2 aliphatic heterocycles. The van der Waals surface area contributed by atoms with Gasteiger partial charge < -0.3 is 19.6 Å². The van der Waals surface area contributed by atoms with Crippen LogP contribution in [0.1, 0.15) is 78.5 Å². The third kappa shape index (κ3) is 7.77. The summed E-state index contributed by atoms with van der Waals surface area (Å²) in [6.07, 6.45) is -5.51. The van der Waals surface area contributed by atoms with Crippen LogP contribution >= 0.6 is 0 Å². The van der Waals surface area contributed by atoms with Crippen LogP contribution in [-0.4, -0.2) is 69.4 Å². The number of hydrogen-bond acceptors (Lipinski definition) is 8. The standard InChI is InChI=1S/C32H42F5N7O2/c1-5-46-31(45)42-11-8-22(9-12-42)18-43-10-6-7-27(26-14-20(2)13-21(3)28(26)43)44(30-38-40-41(4)39-30)19-23-15-24(29(33)34)17-25(16-23)32(35,36)37/h13-17,22,27,29,31,45H,5-12,18-19H2,1-4H3. The number of aliphatic hydroxyl groups excluding tert-OH is 1. The van der Waals surface area contributed by atoms with Gasteiger partial charge in [0, 0.05) is 50.6 Å². The number of aromatic nitrogens is 4. The van der Waals surface area contributed by atoms with E-state index in [0.29, 0.717) is 25.0 Å². The molecular weight excluding hydrogens is 609 g/mol. The molecule has 1 saturated heterocycles. The highest BCUT2D eigenvalue weighted by Gasteiger charge is 2.35. The summed E-state index contributed by atoms with van der Waals surface area (Å²) in [5.41, 5.74) is 2.46. The number of anilines is 2. The van der Waals surface area contributed by atoms with Gasteiger partial charge in [-0.2, -0.15) is 18.0 Å². The van der Waals surface area contributed by atoms with Gasteiger partial charge in [-0.1, -0.05) is 22.8 Å². The Morgan fingerprint density at radius 1 is 1.04 bits per heavy atom. The predicted molar refractivity (Wildman–Crippen MR) is 163 cm³/mol. The van der Waals surface area contributed by atoms with E-state index >= 15 is 0 Å². The van der Waals surface area contributed by atoms with Gasteiger partial charge in [0.15, 0.2) is 0 Å². The van der Waals surface area contributed by atoms with Crippen molar-refractivity contribution in [3.63, 3.8) is 0 Å². The lowest BCUT2D eigenvalue weighted by atomic mass is 9.93. The number of tetrazole rings is 1. The first kappa shape index (κ1) is 34.0. The smallest absolute Gasteiger partial charge is 0.371 e. The molecule has 252 valence electrons. The van der Waals surface area contributed by atoms with Gasteiger partial charge >= 0.3 is 6.18 Å². The van der Waals surface area contributed by atoms with Gasteiger partial charge in [-0.15, -0.1) is 5.10 Å². The Labute approximate surface area is 265 Å². The van der Waals surface area contributed by atoms with Gasteiger partial charge in [0.2, 0.25) is 6.41 Å². The minimum Gasteiger partial charge on any atom is -0.371 e. The normalized spacial score (nSPS) is 18.9. The zero-order valence-electron chi connectivity index (χ0n) is 26.6. The van der Waals surface area contributed by atoms with Gasteiger partial charge in [0.25, 0.3) is 12.4 Å². The number of piperidine rings is 1. The number of alkyl halides is 5. The maximum absolute atomic E-state index is 13.8. The molecule has 46 heavy (non-hydrogen) atoms. The molecule has 1 aromatic heterocycles. The van der Waals surface area contributed by atoms with Crippen LogP contribution in [0.5, 0.6) is 0 Å². The van der Waals surface area contributed by atoms with Crippen LogP contribution in [0, 0.1) is 19.8 Å². The molecule has 0 radical (unpaired) electrons. The maximum Gasteiger partial charge on any atom is 0.416 e. The highest BCUT2D eigenvalue weighted by atomic mass is 19.4. The minimum atomic E-state index is -4.78. The zero-order valence-corrected chi connectivity index (χ0v) is 26.6. The van der Waals surface area contributed by atoms with Crippen molar-refractivity contribution in [2.75, 3.05) is 42.6 Å². The molecule has 14 heteroatoms. The van der Waals surface area contributed by atoms with Gasteiger partial charge in [0.05, 0.1) is 18.7 Å². The number of fused-ring (bicyclic) bond motifs is 1. The van der Waals surface area contributed by atoms with Gasteiger partial charge in [0.1, 0.15) is 0 Å². The van der Waals surface area contributed by atoms with E-state index in [9.17, 15) is 27.1 Å². The van der Waals surface area contributed by atoms with Crippen molar-refractivity contribution in [2.24, 2.45) is 13.0 Å². The molecule has 2 unspecified atom stereocenters. The van der Waals surface area contributed by atoms with Crippen LogP contribution in [0.2, 0.25) is 0 Å². The average molecular weight is 652 g/mol. The second-order valence-corrected chi connectivity index (χ2v) is 12.4. The van der Waals surface area contributed by atoms with Crippen LogP contribution < -0.4 is 9.80 Å². The van der Waals surface area contributed by atoms with Crippen molar-refractivity contribution < 1.29 is 31.8 Å². The minimum absolute atomic E-state index is 0.0885. The summed E-state index contributed by atoms with van der Waals surface area (Å²) < 4.78 is 74.2. The highest BCUT2D eigenvalue weighted by Crippen LogP contribution is 2.42.